The molecule has 0 aliphatic heterocycles. The van der Waals surface area contributed by atoms with Crippen LogP contribution in [0, 0.1) is 0 Å². The van der Waals surface area contributed by atoms with E-state index in [4.69, 9.17) is 5.11 Å². The summed E-state index contributed by atoms with van der Waals surface area (Å²) in [5.74, 6) is -0.0595. The Balaban J connectivity index is 2.19. The minimum Gasteiger partial charge on any atom is -0.508 e. The molecule has 0 amide bonds. The van der Waals surface area contributed by atoms with Gasteiger partial charge in [0.1, 0.15) is 17.3 Å². The second-order valence-electron chi connectivity index (χ2n) is 3.68. The van der Waals surface area contributed by atoms with Gasteiger partial charge in [-0.1, -0.05) is 17.8 Å². The Morgan fingerprint density at radius 1 is 1.18 bits per heavy atom. The molecule has 90 valence electrons. The maximum atomic E-state index is 9.63. The fraction of sp³-hybridized carbons (Fsp3) is 0.167. The van der Waals surface area contributed by atoms with E-state index < -0.39 is 6.10 Å². The average molecular weight is 252 g/mol. The van der Waals surface area contributed by atoms with Gasteiger partial charge in [0.2, 0.25) is 0 Å². The number of aliphatic hydroxyl groups excluding tert-OH is 2. The molecule has 17 heavy (non-hydrogen) atoms. The molecule has 1 aromatic rings. The van der Waals surface area contributed by atoms with Crippen LogP contribution in [0.1, 0.15) is 6.42 Å². The molecule has 1 atom stereocenters. The number of benzene rings is 1. The highest BCUT2D eigenvalue weighted by molar-refractivity contribution is 8.03. The van der Waals surface area contributed by atoms with E-state index >= 15 is 0 Å². The molecule has 0 fully saturated rings. The molecule has 0 bridgehead atoms. The Morgan fingerprint density at radius 3 is 2.59 bits per heavy atom. The third kappa shape index (κ3) is 2.75. The largest absolute Gasteiger partial charge is 0.508 e. The Hall–Kier alpha value is -1.59. The predicted octanol–water partition coefficient (Wildman–Crippen LogP) is 2.28. The van der Waals surface area contributed by atoms with Gasteiger partial charge in [0.25, 0.3) is 0 Å². The molecule has 0 saturated heterocycles. The average Bonchev–Trinajstić information content (AvgIpc) is 2.25. The molecule has 0 saturated carbocycles. The molecule has 1 aromatic carbocycles. The number of phenols is 2. The fourth-order valence-corrected chi connectivity index (χ4v) is 2.36. The van der Waals surface area contributed by atoms with Crippen molar-refractivity contribution < 1.29 is 20.4 Å². The maximum Gasteiger partial charge on any atom is 0.133 e. The van der Waals surface area contributed by atoms with Gasteiger partial charge in [0.05, 0.1) is 15.9 Å². The van der Waals surface area contributed by atoms with Crippen LogP contribution < -0.4 is 0 Å². The van der Waals surface area contributed by atoms with Gasteiger partial charge in [-0.15, -0.1) is 0 Å². The zero-order valence-corrected chi connectivity index (χ0v) is 9.68. The summed E-state index contributed by atoms with van der Waals surface area (Å²) in [5, 5.41) is 37.7. The van der Waals surface area contributed by atoms with Gasteiger partial charge in [0.15, 0.2) is 0 Å². The van der Waals surface area contributed by atoms with Crippen molar-refractivity contribution in [3.05, 3.63) is 41.0 Å². The minimum atomic E-state index is -0.659. The van der Waals surface area contributed by atoms with Crippen LogP contribution in [0.15, 0.2) is 45.9 Å². The molecule has 5 heteroatoms. The Labute approximate surface area is 103 Å². The third-order valence-electron chi connectivity index (χ3n) is 2.31. The lowest BCUT2D eigenvalue weighted by Gasteiger charge is -2.14. The van der Waals surface area contributed by atoms with Gasteiger partial charge >= 0.3 is 0 Å². The van der Waals surface area contributed by atoms with E-state index in [0.29, 0.717) is 16.2 Å². The quantitative estimate of drug-likeness (QED) is 0.649. The van der Waals surface area contributed by atoms with E-state index in [-0.39, 0.29) is 17.3 Å². The van der Waals surface area contributed by atoms with E-state index in [2.05, 4.69) is 0 Å². The van der Waals surface area contributed by atoms with Crippen LogP contribution in [-0.4, -0.2) is 26.5 Å². The number of aromatic hydroxyl groups is 2. The first-order valence-electron chi connectivity index (χ1n) is 5.05. The van der Waals surface area contributed by atoms with E-state index in [1.54, 1.807) is 12.1 Å². The number of hydrogen-bond donors (Lipinski definition) is 4. The Kier molecular flexibility index (Phi) is 3.31. The van der Waals surface area contributed by atoms with E-state index in [0.717, 1.165) is 0 Å². The van der Waals surface area contributed by atoms with Crippen molar-refractivity contribution in [2.75, 3.05) is 0 Å². The van der Waals surface area contributed by atoms with Crippen molar-refractivity contribution in [2.45, 2.75) is 17.4 Å². The van der Waals surface area contributed by atoms with Gasteiger partial charge in [0, 0.05) is 6.07 Å². The summed E-state index contributed by atoms with van der Waals surface area (Å²) >= 11 is 1.18. The van der Waals surface area contributed by atoms with Gasteiger partial charge in [-0.25, -0.2) is 0 Å². The Bertz CT molecular complexity index is 493. The molecular weight excluding hydrogens is 240 g/mol. The van der Waals surface area contributed by atoms with Gasteiger partial charge < -0.3 is 20.4 Å². The molecule has 0 spiro atoms. The summed E-state index contributed by atoms with van der Waals surface area (Å²) in [4.78, 5) is 1.11. The van der Waals surface area contributed by atoms with Crippen LogP contribution in [0.25, 0.3) is 0 Å². The molecule has 1 unspecified atom stereocenters. The SMILES string of the molecule is OC1=CC(O)CC=C1Sc1ccc(O)cc1O. The zero-order chi connectivity index (χ0) is 12.4. The van der Waals surface area contributed by atoms with Crippen molar-refractivity contribution in [3.63, 3.8) is 0 Å². The lowest BCUT2D eigenvalue weighted by molar-refractivity contribution is 0.218. The summed E-state index contributed by atoms with van der Waals surface area (Å²) in [6.45, 7) is 0. The summed E-state index contributed by atoms with van der Waals surface area (Å²) in [6.07, 6.45) is 2.84. The van der Waals surface area contributed by atoms with Crippen molar-refractivity contribution in [3.8, 4) is 11.5 Å². The van der Waals surface area contributed by atoms with E-state index in [1.807, 2.05) is 0 Å². The van der Waals surface area contributed by atoms with Crippen molar-refractivity contribution in [2.24, 2.45) is 0 Å². The number of phenolic OH excluding ortho intramolecular Hbond substituents is 2. The maximum absolute atomic E-state index is 9.63. The van der Waals surface area contributed by atoms with Gasteiger partial charge in [-0.05, 0) is 24.6 Å². The predicted molar refractivity (Wildman–Crippen MR) is 65.0 cm³/mol. The molecule has 0 aromatic heterocycles. The molecule has 1 aliphatic carbocycles. The summed E-state index contributed by atoms with van der Waals surface area (Å²) in [5.41, 5.74) is 0. The smallest absolute Gasteiger partial charge is 0.133 e. The van der Waals surface area contributed by atoms with Crippen molar-refractivity contribution in [1.29, 1.82) is 0 Å². The summed E-state index contributed by atoms with van der Waals surface area (Å²) in [6, 6.07) is 4.26. The minimum absolute atomic E-state index is 0.00113. The molecule has 0 heterocycles. The van der Waals surface area contributed by atoms with Crippen molar-refractivity contribution >= 4 is 11.8 Å². The number of rotatable bonds is 2. The zero-order valence-electron chi connectivity index (χ0n) is 8.87. The normalized spacial score (nSPS) is 19.7. The first-order chi connectivity index (χ1) is 8.06. The molecule has 0 radical (unpaired) electrons. The summed E-state index contributed by atoms with van der Waals surface area (Å²) < 4.78 is 0. The Morgan fingerprint density at radius 2 is 1.94 bits per heavy atom. The van der Waals surface area contributed by atoms with Gasteiger partial charge in [-0.2, -0.15) is 0 Å². The molecule has 2 rings (SSSR count). The molecule has 1 aliphatic rings. The second-order valence-corrected chi connectivity index (χ2v) is 4.76. The summed E-state index contributed by atoms with van der Waals surface area (Å²) in [7, 11) is 0. The lowest BCUT2D eigenvalue weighted by atomic mass is 10.1. The first kappa shape index (κ1) is 11.9. The fourth-order valence-electron chi connectivity index (χ4n) is 1.47. The van der Waals surface area contributed by atoms with E-state index in [9.17, 15) is 15.3 Å². The third-order valence-corrected chi connectivity index (χ3v) is 3.47. The highest BCUT2D eigenvalue weighted by Crippen LogP contribution is 2.39. The number of thioether (sulfide) groups is 1. The van der Waals surface area contributed by atoms with Crippen LogP contribution in [0.2, 0.25) is 0 Å². The highest BCUT2D eigenvalue weighted by Gasteiger charge is 2.15. The monoisotopic (exact) mass is 252 g/mol. The molecular formula is C12H12O4S. The van der Waals surface area contributed by atoms with Crippen LogP contribution >= 0.6 is 11.8 Å². The topological polar surface area (TPSA) is 80.9 Å². The molecule has 4 nitrogen and oxygen atoms in total. The van der Waals surface area contributed by atoms with Gasteiger partial charge in [-0.3, -0.25) is 0 Å². The van der Waals surface area contributed by atoms with Crippen LogP contribution in [0.3, 0.4) is 0 Å². The lowest BCUT2D eigenvalue weighted by Crippen LogP contribution is -2.07. The van der Waals surface area contributed by atoms with E-state index in [1.165, 1.54) is 30.0 Å². The first-order valence-corrected chi connectivity index (χ1v) is 5.87. The molecule has 4 N–H and O–H groups in total. The van der Waals surface area contributed by atoms with Crippen LogP contribution in [0.4, 0.5) is 0 Å². The van der Waals surface area contributed by atoms with Crippen LogP contribution in [0.5, 0.6) is 11.5 Å². The number of hydrogen-bond acceptors (Lipinski definition) is 5. The highest BCUT2D eigenvalue weighted by atomic mass is 32.2. The number of aliphatic hydroxyl groups is 2. The van der Waals surface area contributed by atoms with Crippen molar-refractivity contribution in [1.82, 2.24) is 0 Å². The standard InChI is InChI=1S/C12H12O4S/c13-7-1-3-11(9(15)5-7)17-12-4-2-8(14)6-10(12)16/h1,3-6,8,13-16H,2H2. The van der Waals surface area contributed by atoms with Crippen LogP contribution in [-0.2, 0) is 0 Å². The second kappa shape index (κ2) is 4.73.